The molecule has 126 valence electrons. The molecule has 0 aromatic heterocycles. The quantitative estimate of drug-likeness (QED) is 0.562. The van der Waals surface area contributed by atoms with E-state index in [1.807, 2.05) is 11.8 Å². The van der Waals surface area contributed by atoms with Gasteiger partial charge in [-0.3, -0.25) is 4.90 Å². The van der Waals surface area contributed by atoms with Gasteiger partial charge in [0.1, 0.15) is 0 Å². The van der Waals surface area contributed by atoms with E-state index in [0.29, 0.717) is 18.3 Å². The number of hydrogen-bond acceptors (Lipinski definition) is 3. The zero-order chi connectivity index (χ0) is 16.7. The van der Waals surface area contributed by atoms with Crippen LogP contribution in [0.2, 0.25) is 0 Å². The van der Waals surface area contributed by atoms with E-state index in [2.05, 4.69) is 53.5 Å². The Balaban J connectivity index is 1.64. The fourth-order valence-electron chi connectivity index (χ4n) is 3.56. The van der Waals surface area contributed by atoms with Gasteiger partial charge >= 0.3 is 0 Å². The summed E-state index contributed by atoms with van der Waals surface area (Å²) < 4.78 is -0.135. The van der Waals surface area contributed by atoms with E-state index >= 15 is 0 Å². The molecule has 24 heavy (non-hydrogen) atoms. The van der Waals surface area contributed by atoms with E-state index < -0.39 is 0 Å². The molecule has 2 heterocycles. The molecular weight excluding hydrogens is 340 g/mol. The normalized spacial score (nSPS) is 29.1. The van der Waals surface area contributed by atoms with Crippen molar-refractivity contribution in [1.29, 1.82) is 0 Å². The van der Waals surface area contributed by atoms with Gasteiger partial charge in [0.05, 0.1) is 25.4 Å². The maximum absolute atomic E-state index is 12.2. The third kappa shape index (κ3) is 3.22. The Bertz CT molecular complexity index is 731. The summed E-state index contributed by atoms with van der Waals surface area (Å²) in [5.41, 5.74) is 2.52. The Hall–Kier alpha value is -1.04. The Labute approximate surface area is 152 Å². The molecule has 0 N–H and O–H groups in total. The summed E-state index contributed by atoms with van der Waals surface area (Å²) in [5, 5.41) is 13.3. The molecule has 0 radical (unpaired) electrons. The van der Waals surface area contributed by atoms with Crippen molar-refractivity contribution in [3.05, 3.63) is 63.9 Å². The molecule has 4 rings (SSSR count). The van der Waals surface area contributed by atoms with E-state index in [9.17, 15) is 5.21 Å². The SMILES string of the molecule is C[N+]1([O-])CCN(C2C=C(Cl)C=C3C=Cc4ccccc4SC32)CC1. The lowest BCUT2D eigenvalue weighted by Gasteiger charge is -2.48. The maximum atomic E-state index is 12.2. The van der Waals surface area contributed by atoms with Crippen molar-refractivity contribution in [1.82, 2.24) is 4.90 Å². The number of hydrogen-bond donors (Lipinski definition) is 0. The second kappa shape index (κ2) is 6.36. The van der Waals surface area contributed by atoms with Gasteiger partial charge in [-0.1, -0.05) is 42.0 Å². The highest BCUT2D eigenvalue weighted by atomic mass is 35.5. The highest BCUT2D eigenvalue weighted by Gasteiger charge is 2.35. The Kier molecular flexibility index (Phi) is 4.35. The van der Waals surface area contributed by atoms with Gasteiger partial charge in [0, 0.05) is 29.1 Å². The zero-order valence-electron chi connectivity index (χ0n) is 13.7. The molecule has 3 nitrogen and oxygen atoms in total. The predicted octanol–water partition coefficient (Wildman–Crippen LogP) is 3.87. The number of hydroxylamine groups is 3. The minimum atomic E-state index is -0.135. The first-order valence-electron chi connectivity index (χ1n) is 8.34. The molecule has 1 fully saturated rings. The Morgan fingerprint density at radius 3 is 2.75 bits per heavy atom. The third-order valence-corrected chi connectivity index (χ3v) is 6.71. The number of rotatable bonds is 1. The standard InChI is InChI=1S/C19H21ClN2OS/c1-22(23)10-8-21(9-11-22)17-13-16(20)12-15-7-6-14-4-2-3-5-18(14)24-19(15)17/h2-7,12-13,17,19H,8-11H2,1H3. The number of halogens is 1. The number of allylic oxidation sites excluding steroid dienone is 3. The molecule has 2 unspecified atom stereocenters. The summed E-state index contributed by atoms with van der Waals surface area (Å²) >= 11 is 8.33. The summed E-state index contributed by atoms with van der Waals surface area (Å²) in [4.78, 5) is 3.73. The van der Waals surface area contributed by atoms with Crippen LogP contribution in [0.3, 0.4) is 0 Å². The second-order valence-corrected chi connectivity index (χ2v) is 8.50. The number of nitrogens with zero attached hydrogens (tertiary/aromatic N) is 2. The minimum Gasteiger partial charge on any atom is -0.633 e. The van der Waals surface area contributed by atoms with Crippen LogP contribution in [0.4, 0.5) is 0 Å². The highest BCUT2D eigenvalue weighted by molar-refractivity contribution is 8.00. The van der Waals surface area contributed by atoms with Gasteiger partial charge in [0.25, 0.3) is 0 Å². The monoisotopic (exact) mass is 360 g/mol. The lowest BCUT2D eigenvalue weighted by atomic mass is 9.97. The second-order valence-electron chi connectivity index (χ2n) is 6.88. The van der Waals surface area contributed by atoms with Gasteiger partial charge in [-0.05, 0) is 29.4 Å². The fraction of sp³-hybridized carbons (Fsp3) is 0.368. The molecule has 0 spiro atoms. The number of likely N-dealkylation sites (N-methyl/N-ethyl adjacent to an activating group) is 1. The van der Waals surface area contributed by atoms with Gasteiger partial charge in [0.15, 0.2) is 0 Å². The van der Waals surface area contributed by atoms with E-state index in [1.165, 1.54) is 16.0 Å². The van der Waals surface area contributed by atoms with Crippen LogP contribution < -0.4 is 0 Å². The third-order valence-electron chi connectivity index (χ3n) is 5.04. The molecule has 5 heteroatoms. The molecular formula is C19H21ClN2OS. The first-order valence-corrected chi connectivity index (χ1v) is 9.60. The predicted molar refractivity (Wildman–Crippen MR) is 102 cm³/mol. The molecule has 0 amide bonds. The van der Waals surface area contributed by atoms with E-state index in [-0.39, 0.29) is 10.7 Å². The minimum absolute atomic E-state index is 0.135. The van der Waals surface area contributed by atoms with Crippen LogP contribution >= 0.6 is 23.4 Å². The summed E-state index contributed by atoms with van der Waals surface area (Å²) in [7, 11) is 1.77. The van der Waals surface area contributed by atoms with E-state index in [0.717, 1.165) is 18.1 Å². The van der Waals surface area contributed by atoms with Crippen LogP contribution in [0.15, 0.2) is 58.0 Å². The molecule has 2 aliphatic heterocycles. The summed E-state index contributed by atoms with van der Waals surface area (Å²) in [6.07, 6.45) is 8.62. The fourth-order valence-corrected chi connectivity index (χ4v) is 5.20. The average Bonchev–Trinajstić information content (AvgIpc) is 2.74. The van der Waals surface area contributed by atoms with Crippen LogP contribution in [0.1, 0.15) is 5.56 Å². The van der Waals surface area contributed by atoms with Crippen molar-refractivity contribution in [3.8, 4) is 0 Å². The zero-order valence-corrected chi connectivity index (χ0v) is 15.3. The molecule has 0 bridgehead atoms. The van der Waals surface area contributed by atoms with Crippen molar-refractivity contribution >= 4 is 29.4 Å². The summed E-state index contributed by atoms with van der Waals surface area (Å²) in [5.74, 6) is 0. The number of quaternary nitrogens is 1. The lowest BCUT2D eigenvalue weighted by Crippen LogP contribution is -2.57. The van der Waals surface area contributed by atoms with Gasteiger partial charge in [-0.25, -0.2) is 0 Å². The van der Waals surface area contributed by atoms with Crippen LogP contribution in [0.25, 0.3) is 6.08 Å². The molecule has 2 atom stereocenters. The smallest absolute Gasteiger partial charge is 0.0911 e. The average molecular weight is 361 g/mol. The van der Waals surface area contributed by atoms with Crippen molar-refractivity contribution in [2.45, 2.75) is 16.2 Å². The number of piperazine rings is 1. The van der Waals surface area contributed by atoms with Gasteiger partial charge in [-0.15, -0.1) is 11.8 Å². The van der Waals surface area contributed by atoms with Crippen LogP contribution in [0.5, 0.6) is 0 Å². The highest BCUT2D eigenvalue weighted by Crippen LogP contribution is 2.41. The number of benzene rings is 1. The first kappa shape index (κ1) is 16.4. The Morgan fingerprint density at radius 1 is 1.21 bits per heavy atom. The maximum Gasteiger partial charge on any atom is 0.0911 e. The molecule has 1 aromatic carbocycles. The molecule has 1 aliphatic carbocycles. The number of fused-ring (bicyclic) bond motifs is 2. The largest absolute Gasteiger partial charge is 0.633 e. The van der Waals surface area contributed by atoms with E-state index in [1.54, 1.807) is 7.05 Å². The topological polar surface area (TPSA) is 26.3 Å². The molecule has 1 aromatic rings. The number of thioether (sulfide) groups is 1. The van der Waals surface area contributed by atoms with Crippen LogP contribution in [-0.4, -0.2) is 54.1 Å². The summed E-state index contributed by atoms with van der Waals surface area (Å²) in [6, 6.07) is 8.75. The molecule has 3 aliphatic rings. The molecule has 0 saturated carbocycles. The van der Waals surface area contributed by atoms with Crippen molar-refractivity contribution in [2.75, 3.05) is 33.2 Å². The van der Waals surface area contributed by atoms with Crippen molar-refractivity contribution in [3.63, 3.8) is 0 Å². The van der Waals surface area contributed by atoms with Crippen molar-refractivity contribution in [2.24, 2.45) is 0 Å². The van der Waals surface area contributed by atoms with Gasteiger partial charge in [0.2, 0.25) is 0 Å². The van der Waals surface area contributed by atoms with Gasteiger partial charge < -0.3 is 9.85 Å². The first-order chi connectivity index (χ1) is 11.5. The summed E-state index contributed by atoms with van der Waals surface area (Å²) in [6.45, 7) is 2.93. The lowest BCUT2D eigenvalue weighted by molar-refractivity contribution is -0.865. The molecule has 1 saturated heterocycles. The van der Waals surface area contributed by atoms with Crippen molar-refractivity contribution < 1.29 is 4.65 Å². The van der Waals surface area contributed by atoms with Crippen LogP contribution in [0, 0.1) is 5.21 Å². The Morgan fingerprint density at radius 2 is 1.96 bits per heavy atom. The van der Waals surface area contributed by atoms with E-state index in [4.69, 9.17) is 11.6 Å². The van der Waals surface area contributed by atoms with Crippen LogP contribution in [-0.2, 0) is 0 Å². The van der Waals surface area contributed by atoms with Gasteiger partial charge in [-0.2, -0.15) is 0 Å².